The Morgan fingerprint density at radius 2 is 0.780 bits per heavy atom. The van der Waals surface area contributed by atoms with Crippen LogP contribution >= 0.6 is 0 Å². The molecule has 41 heavy (non-hydrogen) atoms. The summed E-state index contributed by atoms with van der Waals surface area (Å²) in [6, 6.07) is 27.5. The molecule has 2 aromatic carbocycles. The second-order valence-electron chi connectivity index (χ2n) is 9.44. The van der Waals surface area contributed by atoms with Crippen molar-refractivity contribution in [1.82, 2.24) is 48.7 Å². The SMILES string of the molecule is [Pt+2].c1ccc2c3nc4nc(nc5[n-]c(nc6nc(nc([n-]3)c2c1)c1ccccn61)c1ccccc51)c1ccccn41. The first-order chi connectivity index (χ1) is 19.8. The average Bonchev–Trinajstić information content (AvgIpc) is 3.73. The van der Waals surface area contributed by atoms with Crippen LogP contribution in [0.15, 0.2) is 97.3 Å². The van der Waals surface area contributed by atoms with Crippen LogP contribution in [0.1, 0.15) is 0 Å². The first-order valence-electron chi connectivity index (χ1n) is 12.7. The van der Waals surface area contributed by atoms with Gasteiger partial charge >= 0.3 is 21.1 Å². The number of nitrogens with zero attached hydrogens (tertiary/aromatic N) is 10. The van der Waals surface area contributed by atoms with E-state index in [1.54, 1.807) is 0 Å². The molecule has 0 aliphatic rings. The molecule has 9 aromatic rings. The van der Waals surface area contributed by atoms with E-state index in [0.717, 1.165) is 32.6 Å². The van der Waals surface area contributed by atoms with Crippen LogP contribution < -0.4 is 9.97 Å². The third kappa shape index (κ3) is 3.54. The molecule has 0 radical (unpaired) electrons. The zero-order valence-corrected chi connectivity index (χ0v) is 23.3. The fraction of sp³-hybridized carbons (Fsp3) is 0. The van der Waals surface area contributed by atoms with Crippen LogP contribution in [0.2, 0.25) is 0 Å². The Morgan fingerprint density at radius 3 is 1.20 bits per heavy atom. The molecule has 0 fully saturated rings. The summed E-state index contributed by atoms with van der Waals surface area (Å²) in [5.41, 5.74) is 4.74. The summed E-state index contributed by atoms with van der Waals surface area (Å²) >= 11 is 0. The molecule has 8 bridgehead atoms. The van der Waals surface area contributed by atoms with Crippen LogP contribution in [-0.4, -0.2) is 38.7 Å². The normalized spacial score (nSPS) is 11.7. The zero-order chi connectivity index (χ0) is 26.2. The molecule has 7 aromatic heterocycles. The molecule has 0 unspecified atom stereocenters. The van der Waals surface area contributed by atoms with Gasteiger partial charge in [-0.05, 0) is 45.8 Å². The van der Waals surface area contributed by atoms with Gasteiger partial charge in [0.2, 0.25) is 0 Å². The fourth-order valence-electron chi connectivity index (χ4n) is 5.25. The second-order valence-corrected chi connectivity index (χ2v) is 9.44. The molecule has 0 N–H and O–H groups in total. The van der Waals surface area contributed by atoms with E-state index >= 15 is 0 Å². The van der Waals surface area contributed by atoms with Crippen LogP contribution in [-0.2, 0) is 21.1 Å². The third-order valence-electron chi connectivity index (χ3n) is 7.10. The summed E-state index contributed by atoms with van der Waals surface area (Å²) in [6.45, 7) is 0. The molecule has 9 rings (SSSR count). The number of imidazole rings is 2. The Morgan fingerprint density at radius 1 is 0.415 bits per heavy atom. The van der Waals surface area contributed by atoms with E-state index in [1.165, 1.54) is 0 Å². The molecule has 0 saturated heterocycles. The fourth-order valence-corrected chi connectivity index (χ4v) is 5.25. The summed E-state index contributed by atoms with van der Waals surface area (Å²) in [5.74, 6) is 0.929. The van der Waals surface area contributed by atoms with E-state index in [4.69, 9.17) is 39.9 Å². The number of fused-ring (bicyclic) bond motifs is 20. The van der Waals surface area contributed by atoms with Crippen molar-refractivity contribution < 1.29 is 21.1 Å². The predicted octanol–water partition coefficient (Wildman–Crippen LogP) is 5.08. The van der Waals surface area contributed by atoms with Gasteiger partial charge in [0.15, 0.2) is 11.6 Å². The Bertz CT molecular complexity index is 2050. The quantitative estimate of drug-likeness (QED) is 0.214. The maximum absolute atomic E-state index is 4.92. The molecular weight excluding hydrogens is 695 g/mol. The molecule has 7 heterocycles. The average molecular weight is 712 g/mol. The van der Waals surface area contributed by atoms with Gasteiger partial charge in [0, 0.05) is 35.0 Å². The maximum Gasteiger partial charge on any atom is 2.00 e. The topological polar surface area (TPSA) is 114 Å². The van der Waals surface area contributed by atoms with E-state index in [-0.39, 0.29) is 21.1 Å². The van der Waals surface area contributed by atoms with Gasteiger partial charge in [-0.15, -0.1) is 0 Å². The summed E-state index contributed by atoms with van der Waals surface area (Å²) < 4.78 is 3.81. The zero-order valence-electron chi connectivity index (χ0n) is 21.0. The largest absolute Gasteiger partial charge is 2.00 e. The van der Waals surface area contributed by atoms with Gasteiger partial charge in [0.25, 0.3) is 0 Å². The Labute approximate surface area is 244 Å². The van der Waals surface area contributed by atoms with Crippen molar-refractivity contribution in [3.63, 3.8) is 0 Å². The van der Waals surface area contributed by atoms with Crippen LogP contribution in [0.3, 0.4) is 0 Å². The van der Waals surface area contributed by atoms with Gasteiger partial charge < -0.3 is 29.9 Å². The first-order valence-corrected chi connectivity index (χ1v) is 12.7. The molecule has 0 saturated carbocycles. The predicted molar refractivity (Wildman–Crippen MR) is 153 cm³/mol. The number of hydrogen-bond donors (Lipinski definition) is 0. The van der Waals surface area contributed by atoms with Gasteiger partial charge in [0.05, 0.1) is 11.0 Å². The van der Waals surface area contributed by atoms with Crippen molar-refractivity contribution in [2.75, 3.05) is 0 Å². The molecule has 11 heteroatoms. The number of aromatic nitrogens is 10. The molecular formula is C30H16N10Pt. The minimum Gasteiger partial charge on any atom is -0.357 e. The summed E-state index contributed by atoms with van der Waals surface area (Å²) in [5, 5.41) is 3.50. The molecule has 10 nitrogen and oxygen atoms in total. The van der Waals surface area contributed by atoms with Crippen molar-refractivity contribution in [2.24, 2.45) is 0 Å². The number of benzene rings is 2. The van der Waals surface area contributed by atoms with Crippen LogP contribution in [0.4, 0.5) is 0 Å². The molecule has 196 valence electrons. The van der Waals surface area contributed by atoms with Crippen LogP contribution in [0, 0.1) is 0 Å². The van der Waals surface area contributed by atoms with E-state index < -0.39 is 0 Å². The monoisotopic (exact) mass is 711 g/mol. The molecule has 0 aliphatic carbocycles. The van der Waals surface area contributed by atoms with Crippen molar-refractivity contribution in [3.05, 3.63) is 97.3 Å². The van der Waals surface area contributed by atoms with Crippen molar-refractivity contribution in [2.45, 2.75) is 0 Å². The second kappa shape index (κ2) is 8.90. The summed E-state index contributed by atoms with van der Waals surface area (Å²) in [4.78, 5) is 39.0. The van der Waals surface area contributed by atoms with Gasteiger partial charge in [-0.1, -0.05) is 60.7 Å². The Kier molecular flexibility index (Phi) is 5.14. The van der Waals surface area contributed by atoms with Crippen LogP contribution in [0.25, 0.3) is 78.0 Å². The summed E-state index contributed by atoms with van der Waals surface area (Å²) in [7, 11) is 0. The first kappa shape index (κ1) is 23.7. The van der Waals surface area contributed by atoms with Crippen molar-refractivity contribution >= 4 is 78.0 Å². The number of pyridine rings is 2. The van der Waals surface area contributed by atoms with Crippen molar-refractivity contribution in [3.8, 4) is 0 Å². The van der Waals surface area contributed by atoms with Gasteiger partial charge in [0.1, 0.15) is 11.3 Å². The Balaban J connectivity index is 0.00000256. The molecule has 0 spiro atoms. The third-order valence-corrected chi connectivity index (χ3v) is 7.10. The number of hydrogen-bond acceptors (Lipinski definition) is 6. The number of rotatable bonds is 0. The van der Waals surface area contributed by atoms with E-state index in [0.29, 0.717) is 45.4 Å². The molecule has 0 amide bonds. The maximum atomic E-state index is 4.92. The standard InChI is InChI=1S/C30H16N10.Pt/c1-3-11-19-17(9-1)23-31-25(19)35-29-38-28(22-14-6-8-16-40(22)29)34-24-18-10-2-4-12-20(18)26(32-24)36-30-37-27(33-23)21-13-5-7-15-39(21)30;/h1-16H;/q-2;+2. The smallest absolute Gasteiger partial charge is 0.357 e. The minimum absolute atomic E-state index is 0. The molecule has 0 aliphatic heterocycles. The van der Waals surface area contributed by atoms with Gasteiger partial charge in [-0.25, -0.2) is 9.97 Å². The van der Waals surface area contributed by atoms with E-state index in [1.807, 2.05) is 106 Å². The minimum atomic E-state index is 0. The van der Waals surface area contributed by atoms with Crippen molar-refractivity contribution in [1.29, 1.82) is 0 Å². The van der Waals surface area contributed by atoms with E-state index in [9.17, 15) is 0 Å². The van der Waals surface area contributed by atoms with E-state index in [2.05, 4.69) is 0 Å². The van der Waals surface area contributed by atoms with Gasteiger partial charge in [-0.3, -0.25) is 8.80 Å². The molecule has 0 atom stereocenters. The summed E-state index contributed by atoms with van der Waals surface area (Å²) in [6.07, 6.45) is 3.83. The van der Waals surface area contributed by atoms with Crippen LogP contribution in [0.5, 0.6) is 0 Å². The van der Waals surface area contributed by atoms with Gasteiger partial charge in [-0.2, -0.15) is 0 Å². The Hall–Kier alpha value is -5.21.